The van der Waals surface area contributed by atoms with Crippen LogP contribution >= 0.6 is 0 Å². The van der Waals surface area contributed by atoms with Gasteiger partial charge in [0.25, 0.3) is 5.91 Å². The summed E-state index contributed by atoms with van der Waals surface area (Å²) in [5.74, 6) is -0.0599. The first-order valence-corrected chi connectivity index (χ1v) is 9.47. The van der Waals surface area contributed by atoms with Gasteiger partial charge in [-0.1, -0.05) is 36.4 Å². The van der Waals surface area contributed by atoms with Crippen LogP contribution in [0.25, 0.3) is 0 Å². The lowest BCUT2D eigenvalue weighted by molar-refractivity contribution is -0.114. The van der Waals surface area contributed by atoms with Gasteiger partial charge in [-0.05, 0) is 36.4 Å². The third-order valence-electron chi connectivity index (χ3n) is 4.25. The van der Waals surface area contributed by atoms with E-state index < -0.39 is 5.91 Å². The fourth-order valence-corrected chi connectivity index (χ4v) is 2.80. The van der Waals surface area contributed by atoms with Crippen LogP contribution in [0.3, 0.4) is 0 Å². The van der Waals surface area contributed by atoms with Gasteiger partial charge in [0.1, 0.15) is 12.4 Å². The Hall–Kier alpha value is -4.44. The number of anilines is 1. The van der Waals surface area contributed by atoms with Crippen molar-refractivity contribution < 1.29 is 14.3 Å². The maximum absolute atomic E-state index is 12.3. The van der Waals surface area contributed by atoms with Gasteiger partial charge in [-0.3, -0.25) is 9.59 Å². The number of hydrogen-bond donors (Lipinski definition) is 2. The van der Waals surface area contributed by atoms with E-state index in [1.807, 2.05) is 24.3 Å². The molecule has 0 aliphatic carbocycles. The van der Waals surface area contributed by atoms with Gasteiger partial charge in [0.15, 0.2) is 0 Å². The predicted octanol–water partition coefficient (Wildman–Crippen LogP) is 3.86. The third kappa shape index (κ3) is 6.02. The lowest BCUT2D eigenvalue weighted by atomic mass is 10.1. The van der Waals surface area contributed by atoms with Gasteiger partial charge in [-0.2, -0.15) is 10.4 Å². The molecule has 0 spiro atoms. The molecule has 0 saturated heterocycles. The van der Waals surface area contributed by atoms with E-state index in [9.17, 15) is 14.9 Å². The molecule has 0 unspecified atom stereocenters. The predicted molar refractivity (Wildman–Crippen MR) is 118 cm³/mol. The number of nitrogens with zero attached hydrogens (tertiary/aromatic N) is 2. The molecule has 0 aliphatic heterocycles. The molecule has 2 N–H and O–H groups in total. The van der Waals surface area contributed by atoms with Gasteiger partial charge in [0, 0.05) is 29.3 Å². The highest BCUT2D eigenvalue weighted by molar-refractivity contribution is 5.97. The van der Waals surface area contributed by atoms with Gasteiger partial charge in [0.05, 0.1) is 17.8 Å². The lowest BCUT2D eigenvalue weighted by Crippen LogP contribution is -2.18. The Kier molecular flexibility index (Phi) is 7.12. The Bertz CT molecular complexity index is 1170. The summed E-state index contributed by atoms with van der Waals surface area (Å²) in [5.41, 5.74) is 5.37. The summed E-state index contributed by atoms with van der Waals surface area (Å²) in [6.07, 6.45) is 1.49. The Morgan fingerprint density at radius 3 is 2.65 bits per heavy atom. The Balaban J connectivity index is 1.66. The number of benzene rings is 3. The molecule has 0 radical (unpaired) electrons. The van der Waals surface area contributed by atoms with Crippen molar-refractivity contribution >= 4 is 23.7 Å². The Morgan fingerprint density at radius 1 is 1.06 bits per heavy atom. The van der Waals surface area contributed by atoms with Crippen LogP contribution in [-0.4, -0.2) is 18.0 Å². The number of carbonyl (C=O) groups excluding carboxylic acids is 2. The zero-order valence-corrected chi connectivity index (χ0v) is 16.8. The van der Waals surface area contributed by atoms with E-state index in [0.29, 0.717) is 28.1 Å². The van der Waals surface area contributed by atoms with Gasteiger partial charge in [0.2, 0.25) is 5.91 Å². The summed E-state index contributed by atoms with van der Waals surface area (Å²) in [5, 5.41) is 15.8. The van der Waals surface area contributed by atoms with E-state index in [4.69, 9.17) is 4.74 Å². The molecule has 3 aromatic rings. The quantitative estimate of drug-likeness (QED) is 0.454. The molecule has 0 aliphatic rings. The van der Waals surface area contributed by atoms with E-state index in [-0.39, 0.29) is 12.5 Å². The maximum atomic E-state index is 12.3. The molecule has 3 aromatic carbocycles. The monoisotopic (exact) mass is 412 g/mol. The number of hydrazone groups is 1. The van der Waals surface area contributed by atoms with Crippen LogP contribution in [0, 0.1) is 11.3 Å². The van der Waals surface area contributed by atoms with Crippen molar-refractivity contribution in [1.29, 1.82) is 5.26 Å². The first-order chi connectivity index (χ1) is 15.1. The summed E-state index contributed by atoms with van der Waals surface area (Å²) < 4.78 is 5.87. The second kappa shape index (κ2) is 10.4. The van der Waals surface area contributed by atoms with E-state index in [2.05, 4.69) is 21.9 Å². The highest BCUT2D eigenvalue weighted by atomic mass is 16.5. The SMILES string of the molecule is CC(=O)Nc1cccc(C(=O)N/N=C\c2ccccc2OCc2ccccc2C#N)c1. The average molecular weight is 412 g/mol. The molecule has 0 aromatic heterocycles. The van der Waals surface area contributed by atoms with Crippen LogP contribution in [0.1, 0.15) is 34.0 Å². The smallest absolute Gasteiger partial charge is 0.271 e. The van der Waals surface area contributed by atoms with Crippen LogP contribution < -0.4 is 15.5 Å². The summed E-state index contributed by atoms with van der Waals surface area (Å²) in [6, 6.07) is 23.2. The van der Waals surface area contributed by atoms with Crippen molar-refractivity contribution in [2.45, 2.75) is 13.5 Å². The molecule has 0 heterocycles. The van der Waals surface area contributed by atoms with Crippen molar-refractivity contribution in [2.75, 3.05) is 5.32 Å². The fraction of sp³-hybridized carbons (Fsp3) is 0.0833. The highest BCUT2D eigenvalue weighted by Gasteiger charge is 2.07. The molecule has 7 nitrogen and oxygen atoms in total. The number of nitrogens with one attached hydrogen (secondary N) is 2. The number of nitriles is 1. The Morgan fingerprint density at radius 2 is 1.84 bits per heavy atom. The van der Waals surface area contributed by atoms with Crippen LogP contribution in [0.5, 0.6) is 5.75 Å². The number of para-hydroxylation sites is 1. The van der Waals surface area contributed by atoms with Crippen molar-refractivity contribution in [3.63, 3.8) is 0 Å². The van der Waals surface area contributed by atoms with E-state index >= 15 is 0 Å². The van der Waals surface area contributed by atoms with Crippen molar-refractivity contribution in [3.05, 3.63) is 95.1 Å². The normalized spacial score (nSPS) is 10.3. The van der Waals surface area contributed by atoms with Gasteiger partial charge < -0.3 is 10.1 Å². The largest absolute Gasteiger partial charge is 0.488 e. The molecular weight excluding hydrogens is 392 g/mol. The highest BCUT2D eigenvalue weighted by Crippen LogP contribution is 2.19. The average Bonchev–Trinajstić information content (AvgIpc) is 2.78. The number of carbonyl (C=O) groups is 2. The number of rotatable bonds is 7. The van der Waals surface area contributed by atoms with Gasteiger partial charge in [-0.15, -0.1) is 0 Å². The molecule has 0 saturated carbocycles. The first kappa shape index (κ1) is 21.3. The zero-order chi connectivity index (χ0) is 22.1. The van der Waals surface area contributed by atoms with Crippen molar-refractivity contribution in [2.24, 2.45) is 5.10 Å². The van der Waals surface area contributed by atoms with E-state index in [1.165, 1.54) is 13.1 Å². The summed E-state index contributed by atoms with van der Waals surface area (Å²) in [4.78, 5) is 23.5. The van der Waals surface area contributed by atoms with Crippen molar-refractivity contribution in [1.82, 2.24) is 5.43 Å². The maximum Gasteiger partial charge on any atom is 0.271 e. The summed E-state index contributed by atoms with van der Waals surface area (Å²) in [6.45, 7) is 1.63. The molecule has 154 valence electrons. The van der Waals surface area contributed by atoms with E-state index in [1.54, 1.807) is 48.5 Å². The molecule has 3 rings (SSSR count). The Labute approximate surface area is 180 Å². The van der Waals surface area contributed by atoms with Gasteiger partial charge >= 0.3 is 0 Å². The minimum Gasteiger partial charge on any atom is -0.488 e. The molecule has 31 heavy (non-hydrogen) atoms. The lowest BCUT2D eigenvalue weighted by Gasteiger charge is -2.10. The second-order valence-electron chi connectivity index (χ2n) is 6.56. The standard InChI is InChI=1S/C24H20N4O3/c1-17(29)27-22-11-6-10-18(13-22)24(30)28-26-15-20-8-4-5-12-23(20)31-16-21-9-3-2-7-19(21)14-25/h2-13,15H,16H2,1H3,(H,27,29)(H,28,30)/b26-15-. The second-order valence-corrected chi connectivity index (χ2v) is 6.56. The minimum absolute atomic E-state index is 0.218. The third-order valence-corrected chi connectivity index (χ3v) is 4.25. The number of amides is 2. The summed E-state index contributed by atoms with van der Waals surface area (Å²) >= 11 is 0. The van der Waals surface area contributed by atoms with Crippen LogP contribution in [-0.2, 0) is 11.4 Å². The van der Waals surface area contributed by atoms with E-state index in [0.717, 1.165) is 5.56 Å². The fourth-order valence-electron chi connectivity index (χ4n) is 2.80. The minimum atomic E-state index is -0.412. The van der Waals surface area contributed by atoms with Gasteiger partial charge in [-0.25, -0.2) is 5.43 Å². The topological polar surface area (TPSA) is 104 Å². The molecular formula is C24H20N4O3. The zero-order valence-electron chi connectivity index (χ0n) is 16.8. The number of hydrogen-bond acceptors (Lipinski definition) is 5. The summed E-state index contributed by atoms with van der Waals surface area (Å²) in [7, 11) is 0. The molecule has 7 heteroatoms. The molecule has 0 atom stereocenters. The first-order valence-electron chi connectivity index (χ1n) is 9.47. The number of ether oxygens (including phenoxy) is 1. The van der Waals surface area contributed by atoms with Crippen LogP contribution in [0.2, 0.25) is 0 Å². The molecule has 0 bridgehead atoms. The molecule has 2 amide bonds. The van der Waals surface area contributed by atoms with Crippen molar-refractivity contribution in [3.8, 4) is 11.8 Å². The molecule has 0 fully saturated rings. The van der Waals surface area contributed by atoms with Crippen LogP contribution in [0.4, 0.5) is 5.69 Å². The van der Waals surface area contributed by atoms with Crippen LogP contribution in [0.15, 0.2) is 77.9 Å².